The molecular weight excluding hydrogens is 642 g/mol. The lowest BCUT2D eigenvalue weighted by Gasteiger charge is -2.41. The van der Waals surface area contributed by atoms with E-state index in [1.807, 2.05) is 30.1 Å². The summed E-state index contributed by atoms with van der Waals surface area (Å²) in [6.45, 7) is 8.61. The van der Waals surface area contributed by atoms with Gasteiger partial charge in [-0.2, -0.15) is 10.2 Å². The Hall–Kier alpha value is -4.55. The molecule has 0 unspecified atom stereocenters. The molecule has 0 N–H and O–H groups in total. The molecule has 10 rings (SSSR count). The van der Waals surface area contributed by atoms with Crippen LogP contribution in [0.5, 0.6) is 0 Å². The fourth-order valence-electron chi connectivity index (χ4n) is 8.80. The van der Waals surface area contributed by atoms with Gasteiger partial charge in [0.05, 0.1) is 78.8 Å². The van der Waals surface area contributed by atoms with E-state index in [1.165, 1.54) is 35.4 Å². The number of nitrogens with zero attached hydrogens (tertiary/aromatic N) is 4. The maximum absolute atomic E-state index is 13.2. The molecule has 256 valence electrons. The van der Waals surface area contributed by atoms with Crippen LogP contribution >= 0.6 is 0 Å². The molecule has 0 bridgehead atoms. The molecule has 0 radical (unpaired) electrons. The lowest BCUT2D eigenvalue weighted by Crippen LogP contribution is -2.46. The number of Topliss-reactive ketones (excluding diaryl/α,β-unsaturated/α-hetero) is 1. The molecule has 1 saturated carbocycles. The second kappa shape index (κ2) is 11.0. The van der Waals surface area contributed by atoms with Crippen LogP contribution in [0.3, 0.4) is 0 Å². The zero-order chi connectivity index (χ0) is 34.5. The Morgan fingerprint density at radius 1 is 0.660 bits per heavy atom. The van der Waals surface area contributed by atoms with Crippen molar-refractivity contribution in [2.75, 3.05) is 26.4 Å². The number of allylic oxidation sites excluding steroid dienone is 1. The van der Waals surface area contributed by atoms with Gasteiger partial charge in [0.1, 0.15) is 11.6 Å². The highest BCUT2D eigenvalue weighted by Crippen LogP contribution is 2.58. The Morgan fingerprint density at radius 2 is 1.14 bits per heavy atom. The summed E-state index contributed by atoms with van der Waals surface area (Å²) in [5.74, 6) is -2.01. The molecule has 2 aromatic heterocycles. The largest absolute Gasteiger partial charge is 0.346 e. The zero-order valence-electron chi connectivity index (χ0n) is 28.0. The first kappa shape index (κ1) is 31.4. The minimum absolute atomic E-state index is 0.0573. The van der Waals surface area contributed by atoms with Crippen LogP contribution in [-0.4, -0.2) is 63.3 Å². The fraction of sp³-hybridized carbons (Fsp3) is 0.359. The fourth-order valence-corrected chi connectivity index (χ4v) is 8.80. The molecule has 50 heavy (non-hydrogen) atoms. The normalized spacial score (nSPS) is 26.5. The highest BCUT2D eigenvalue weighted by molar-refractivity contribution is 6.05. The van der Waals surface area contributed by atoms with E-state index in [1.54, 1.807) is 28.9 Å². The predicted octanol–water partition coefficient (Wildman–Crippen LogP) is 6.33. The van der Waals surface area contributed by atoms with Gasteiger partial charge in [-0.15, -0.1) is 0 Å². The maximum atomic E-state index is 13.2. The summed E-state index contributed by atoms with van der Waals surface area (Å²) in [6, 6.07) is 12.6. The van der Waals surface area contributed by atoms with Crippen molar-refractivity contribution in [2.45, 2.75) is 51.6 Å². The molecule has 11 heteroatoms. The van der Waals surface area contributed by atoms with Crippen molar-refractivity contribution in [2.24, 2.45) is 10.8 Å². The quantitative estimate of drug-likeness (QED) is 0.245. The van der Waals surface area contributed by atoms with E-state index < -0.39 is 17.0 Å². The van der Waals surface area contributed by atoms with E-state index in [0.717, 1.165) is 45.9 Å². The van der Waals surface area contributed by atoms with Crippen LogP contribution in [0.2, 0.25) is 0 Å². The Labute approximate surface area is 287 Å². The van der Waals surface area contributed by atoms with E-state index in [4.69, 9.17) is 18.9 Å². The van der Waals surface area contributed by atoms with Crippen molar-refractivity contribution >= 4 is 17.9 Å². The maximum Gasteiger partial charge on any atom is 0.198 e. The zero-order valence-corrected chi connectivity index (χ0v) is 28.0. The summed E-state index contributed by atoms with van der Waals surface area (Å²) >= 11 is 0. The van der Waals surface area contributed by atoms with Crippen molar-refractivity contribution in [3.63, 3.8) is 0 Å². The molecular formula is C39H36F2N4O5. The van der Waals surface area contributed by atoms with E-state index in [-0.39, 0.29) is 29.3 Å². The van der Waals surface area contributed by atoms with Gasteiger partial charge in [-0.3, -0.25) is 4.79 Å². The molecule has 2 saturated heterocycles. The number of ketones is 1. The predicted molar refractivity (Wildman–Crippen MR) is 179 cm³/mol. The van der Waals surface area contributed by atoms with Gasteiger partial charge in [-0.25, -0.2) is 18.1 Å². The average molecular weight is 679 g/mol. The number of aromatic nitrogens is 4. The summed E-state index contributed by atoms with van der Waals surface area (Å²) in [6.07, 6.45) is 11.6. The Kier molecular flexibility index (Phi) is 6.90. The molecule has 2 spiro atoms. The number of rotatable bonds is 2. The number of hydrogen-bond donors (Lipinski definition) is 0. The minimum atomic E-state index is -0.856. The van der Waals surface area contributed by atoms with Gasteiger partial charge in [0.2, 0.25) is 0 Å². The Balaban J connectivity index is 0.000000135. The summed E-state index contributed by atoms with van der Waals surface area (Å²) in [4.78, 5) is 12.7. The number of hydrogen-bond acceptors (Lipinski definition) is 7. The topological polar surface area (TPSA) is 89.6 Å². The number of fused-ring (bicyclic) bond motifs is 6. The summed E-state index contributed by atoms with van der Waals surface area (Å²) in [7, 11) is 0. The summed E-state index contributed by atoms with van der Waals surface area (Å²) < 4.78 is 54.0. The molecule has 4 aromatic rings. The second-order valence-corrected chi connectivity index (χ2v) is 14.3. The van der Waals surface area contributed by atoms with E-state index in [0.29, 0.717) is 32.8 Å². The van der Waals surface area contributed by atoms with E-state index in [2.05, 4.69) is 36.2 Å². The molecule has 4 aliphatic carbocycles. The van der Waals surface area contributed by atoms with Crippen molar-refractivity contribution in [1.82, 2.24) is 19.6 Å². The van der Waals surface area contributed by atoms with Gasteiger partial charge in [-0.1, -0.05) is 0 Å². The van der Waals surface area contributed by atoms with E-state index >= 15 is 0 Å². The minimum Gasteiger partial charge on any atom is -0.346 e. The van der Waals surface area contributed by atoms with Crippen LogP contribution in [0.25, 0.3) is 23.5 Å². The van der Waals surface area contributed by atoms with Crippen molar-refractivity contribution in [1.29, 1.82) is 0 Å². The van der Waals surface area contributed by atoms with Crippen LogP contribution in [0.1, 0.15) is 49.7 Å². The van der Waals surface area contributed by atoms with Gasteiger partial charge in [-0.05, 0) is 123 Å². The van der Waals surface area contributed by atoms with Gasteiger partial charge in [0, 0.05) is 5.57 Å². The number of benzene rings is 2. The molecule has 3 fully saturated rings. The lowest BCUT2D eigenvalue weighted by atomic mass is 9.70. The molecule has 2 aromatic carbocycles. The van der Waals surface area contributed by atoms with Gasteiger partial charge >= 0.3 is 0 Å². The first-order valence-corrected chi connectivity index (χ1v) is 16.9. The molecule has 2 aliphatic heterocycles. The molecule has 2 atom stereocenters. The Morgan fingerprint density at radius 3 is 1.68 bits per heavy atom. The third kappa shape index (κ3) is 4.40. The molecule has 9 nitrogen and oxygen atoms in total. The third-order valence-corrected chi connectivity index (χ3v) is 11.4. The average Bonchev–Trinajstić information content (AvgIpc) is 3.95. The third-order valence-electron chi connectivity index (χ3n) is 11.4. The highest BCUT2D eigenvalue weighted by atomic mass is 19.1. The molecule has 6 aliphatic rings. The summed E-state index contributed by atoms with van der Waals surface area (Å²) in [5, 5.41) is 9.00. The Bertz CT molecular complexity index is 2070. The van der Waals surface area contributed by atoms with Gasteiger partial charge in [0.15, 0.2) is 17.4 Å². The number of carbonyl (C=O) groups excluding carboxylic acids is 1. The SMILES string of the molecule is CC1=CC2(OCCO2)[C@@]2(C)Cc3cnn(-c4ccc(F)cc4)c3C=C12.C[C@]12Cc3cnn(-c4ccc(F)cc4)c3C=C1C(=O)CC21OCCO1. The summed E-state index contributed by atoms with van der Waals surface area (Å²) in [5.41, 5.74) is 8.08. The van der Waals surface area contributed by atoms with Crippen LogP contribution in [0.15, 0.2) is 83.7 Å². The molecule has 4 heterocycles. The molecule has 0 amide bonds. The van der Waals surface area contributed by atoms with Gasteiger partial charge < -0.3 is 18.9 Å². The van der Waals surface area contributed by atoms with Crippen molar-refractivity contribution < 1.29 is 32.5 Å². The first-order valence-electron chi connectivity index (χ1n) is 16.9. The monoisotopic (exact) mass is 678 g/mol. The van der Waals surface area contributed by atoms with Crippen molar-refractivity contribution in [3.05, 3.63) is 118 Å². The first-order chi connectivity index (χ1) is 24.0. The van der Waals surface area contributed by atoms with Crippen LogP contribution in [-0.2, 0) is 36.6 Å². The second-order valence-electron chi connectivity index (χ2n) is 14.3. The van der Waals surface area contributed by atoms with Crippen molar-refractivity contribution in [3.8, 4) is 11.4 Å². The number of ether oxygens (including phenoxy) is 4. The standard InChI is InChI=1S/C20H19FN2O2.C19H17FN2O3/c1-13-10-20(24-7-8-25-20)19(2)11-14-12-22-23(18(14)9-17(13)19)16-5-3-15(21)4-6-16;1-18-9-12-11-21-22(14-4-2-13(20)3-5-14)16(12)8-15(18)17(23)10-19(18)24-6-7-25-19/h3-6,9-10,12H,7-8,11H2,1-2H3;2-5,8,11H,6-7,9-10H2,1H3/t19-;18-/m00/s1. The van der Waals surface area contributed by atoms with Gasteiger partial charge in [0.25, 0.3) is 0 Å². The smallest absolute Gasteiger partial charge is 0.198 e. The lowest BCUT2D eigenvalue weighted by molar-refractivity contribution is -0.208. The van der Waals surface area contributed by atoms with E-state index in [9.17, 15) is 13.6 Å². The van der Waals surface area contributed by atoms with Crippen LogP contribution in [0.4, 0.5) is 8.78 Å². The highest BCUT2D eigenvalue weighted by Gasteiger charge is 2.64. The number of halogens is 2. The van der Waals surface area contributed by atoms with Crippen LogP contribution in [0, 0.1) is 22.5 Å². The van der Waals surface area contributed by atoms with Crippen LogP contribution < -0.4 is 0 Å². The number of carbonyl (C=O) groups is 1.